The molecule has 1 fully saturated rings. The number of thiazole rings is 1. The Hall–Kier alpha value is -3.35. The van der Waals surface area contributed by atoms with Crippen LogP contribution in [0, 0.1) is 0 Å². The normalized spacial score (nSPS) is 18.0. The van der Waals surface area contributed by atoms with Crippen molar-refractivity contribution >= 4 is 29.2 Å². The monoisotopic (exact) mass is 496 g/mol. The third-order valence-electron chi connectivity index (χ3n) is 5.19. The van der Waals surface area contributed by atoms with Gasteiger partial charge in [-0.15, -0.1) is 11.3 Å². The quantitative estimate of drug-likeness (QED) is 0.446. The van der Waals surface area contributed by atoms with Crippen molar-refractivity contribution in [1.29, 1.82) is 0 Å². The van der Waals surface area contributed by atoms with Crippen LogP contribution in [0.15, 0.2) is 36.8 Å². The summed E-state index contributed by atoms with van der Waals surface area (Å²) < 4.78 is 58.2. The van der Waals surface area contributed by atoms with Gasteiger partial charge in [-0.1, -0.05) is 6.92 Å². The summed E-state index contributed by atoms with van der Waals surface area (Å²) in [7, 11) is 0. The molecule has 1 aliphatic heterocycles. The number of rotatable bonds is 7. The van der Waals surface area contributed by atoms with Crippen molar-refractivity contribution in [1.82, 2.24) is 19.9 Å². The van der Waals surface area contributed by atoms with Gasteiger partial charge >= 0.3 is 12.3 Å². The van der Waals surface area contributed by atoms with Crippen molar-refractivity contribution in [2.75, 3.05) is 16.8 Å². The first-order chi connectivity index (χ1) is 16.2. The van der Waals surface area contributed by atoms with Crippen LogP contribution in [-0.4, -0.2) is 44.8 Å². The third kappa shape index (κ3) is 4.93. The van der Waals surface area contributed by atoms with Crippen LogP contribution in [0.3, 0.4) is 0 Å². The molecule has 1 N–H and O–H groups in total. The molecule has 180 valence electrons. The summed E-state index contributed by atoms with van der Waals surface area (Å²) in [6, 6.07) is 2.78. The molecule has 13 heteroatoms. The zero-order valence-electron chi connectivity index (χ0n) is 18.1. The molecule has 0 radical (unpaired) electrons. The van der Waals surface area contributed by atoms with Crippen molar-refractivity contribution < 1.29 is 27.1 Å². The topological polar surface area (TPSA) is 93.1 Å². The van der Waals surface area contributed by atoms with E-state index in [1.165, 1.54) is 34.6 Å². The minimum Gasteiger partial charge on any atom is -0.447 e. The molecule has 4 heterocycles. The van der Waals surface area contributed by atoms with Crippen LogP contribution >= 0.6 is 11.3 Å². The van der Waals surface area contributed by atoms with Gasteiger partial charge < -0.3 is 10.1 Å². The maximum absolute atomic E-state index is 14.3. The van der Waals surface area contributed by atoms with Gasteiger partial charge in [-0.3, -0.25) is 9.88 Å². The van der Waals surface area contributed by atoms with Crippen molar-refractivity contribution in [3.05, 3.63) is 47.4 Å². The summed E-state index contributed by atoms with van der Waals surface area (Å²) in [4.78, 5) is 30.1. The molecule has 3 atom stereocenters. The van der Waals surface area contributed by atoms with E-state index < -0.39 is 30.2 Å². The lowest BCUT2D eigenvalue weighted by Gasteiger charge is -2.23. The number of ether oxygens (including phenoxy) is 1. The fourth-order valence-electron chi connectivity index (χ4n) is 3.39. The van der Waals surface area contributed by atoms with Crippen molar-refractivity contribution in [3.8, 4) is 10.6 Å². The molecule has 0 aliphatic carbocycles. The van der Waals surface area contributed by atoms with Gasteiger partial charge in [0.05, 0.1) is 6.04 Å². The first-order valence-electron chi connectivity index (χ1n) is 10.4. The van der Waals surface area contributed by atoms with Gasteiger partial charge in [-0.05, 0) is 31.5 Å². The maximum atomic E-state index is 14.3. The Morgan fingerprint density at radius 2 is 2.03 bits per heavy atom. The molecule has 3 aromatic rings. The Labute approximate surface area is 196 Å². The number of amides is 1. The summed E-state index contributed by atoms with van der Waals surface area (Å²) in [6.07, 6.45) is -2.18. The number of hydrogen-bond acceptors (Lipinski definition) is 8. The maximum Gasteiger partial charge on any atom is 0.433 e. The molecular formula is C21H20F4N6O2S. The second-order valence-corrected chi connectivity index (χ2v) is 8.60. The summed E-state index contributed by atoms with van der Waals surface area (Å²) in [5.41, 5.74) is -0.685. The van der Waals surface area contributed by atoms with Crippen molar-refractivity contribution in [2.24, 2.45) is 0 Å². The second kappa shape index (κ2) is 9.49. The first-order valence-corrected chi connectivity index (χ1v) is 11.2. The van der Waals surface area contributed by atoms with E-state index in [0.29, 0.717) is 10.6 Å². The van der Waals surface area contributed by atoms with Gasteiger partial charge in [0, 0.05) is 29.0 Å². The number of pyridine rings is 1. The molecule has 1 amide bonds. The lowest BCUT2D eigenvalue weighted by molar-refractivity contribution is -0.141. The summed E-state index contributed by atoms with van der Waals surface area (Å²) in [5.74, 6) is 0.392. The molecule has 0 aromatic carbocycles. The molecule has 4 rings (SSSR count). The van der Waals surface area contributed by atoms with E-state index in [1.54, 1.807) is 13.1 Å². The highest BCUT2D eigenvalue weighted by atomic mass is 32.1. The van der Waals surface area contributed by atoms with E-state index in [4.69, 9.17) is 4.74 Å². The first kappa shape index (κ1) is 23.8. The second-order valence-electron chi connectivity index (χ2n) is 7.54. The molecule has 0 spiro atoms. The molecule has 8 nitrogen and oxygen atoms in total. The number of nitrogens with one attached hydrogen (secondary N) is 1. The molecule has 1 aliphatic rings. The number of carbonyl (C=O) groups excluding carboxylic acids is 1. The highest BCUT2D eigenvalue weighted by Crippen LogP contribution is 2.34. The standard InChI is InChI=1S/C21H20F4N6O2S/c1-3-13(22)14-10-33-20(32)31(14)17-5-7-27-19(30-17)29-11(2)15-9-28-18(34-15)12-4-6-26-16(8-12)21(23,24)25/h4-9,11,13-14H,3,10H2,1-2H3,(H,27,29,30)/t11-,13+,14+/m0/s1. The highest BCUT2D eigenvalue weighted by Gasteiger charge is 2.40. The van der Waals surface area contributed by atoms with Gasteiger partial charge in [0.2, 0.25) is 5.95 Å². The molecule has 0 saturated carbocycles. The average Bonchev–Trinajstić information content (AvgIpc) is 3.45. The number of anilines is 2. The fourth-order valence-corrected chi connectivity index (χ4v) is 4.31. The smallest absolute Gasteiger partial charge is 0.433 e. The summed E-state index contributed by atoms with van der Waals surface area (Å²) in [6.45, 7) is 3.42. The lowest BCUT2D eigenvalue weighted by atomic mass is 10.1. The fraction of sp³-hybridized carbons (Fsp3) is 0.381. The summed E-state index contributed by atoms with van der Waals surface area (Å²) >= 11 is 1.21. The summed E-state index contributed by atoms with van der Waals surface area (Å²) in [5, 5.41) is 3.48. The minimum atomic E-state index is -4.55. The number of halogens is 4. The van der Waals surface area contributed by atoms with Crippen LogP contribution in [0.5, 0.6) is 0 Å². The van der Waals surface area contributed by atoms with Crippen LogP contribution in [0.25, 0.3) is 10.6 Å². The van der Waals surface area contributed by atoms with E-state index in [1.807, 2.05) is 6.92 Å². The predicted molar refractivity (Wildman–Crippen MR) is 117 cm³/mol. The number of aromatic nitrogens is 4. The Morgan fingerprint density at radius 3 is 2.76 bits per heavy atom. The van der Waals surface area contributed by atoms with Crippen LogP contribution in [0.4, 0.5) is 34.1 Å². The Kier molecular flexibility index (Phi) is 6.64. The van der Waals surface area contributed by atoms with Gasteiger partial charge in [0.15, 0.2) is 0 Å². The van der Waals surface area contributed by atoms with Gasteiger partial charge in [-0.25, -0.2) is 19.2 Å². The van der Waals surface area contributed by atoms with E-state index >= 15 is 0 Å². The number of hydrogen-bond donors (Lipinski definition) is 1. The van der Waals surface area contributed by atoms with E-state index in [0.717, 1.165) is 17.1 Å². The van der Waals surface area contributed by atoms with Crippen LogP contribution in [-0.2, 0) is 10.9 Å². The molecule has 1 saturated heterocycles. The predicted octanol–water partition coefficient (Wildman–Crippen LogP) is 5.26. The minimum absolute atomic E-state index is 0.0638. The zero-order chi connectivity index (χ0) is 24.5. The van der Waals surface area contributed by atoms with E-state index in [2.05, 4.69) is 25.3 Å². The van der Waals surface area contributed by atoms with Crippen LogP contribution < -0.4 is 10.2 Å². The largest absolute Gasteiger partial charge is 0.447 e. The number of cyclic esters (lactones) is 1. The number of carbonyl (C=O) groups is 1. The third-order valence-corrected chi connectivity index (χ3v) is 6.42. The lowest BCUT2D eigenvalue weighted by Crippen LogP contribution is -2.40. The molecular weight excluding hydrogens is 476 g/mol. The molecule has 0 bridgehead atoms. The Morgan fingerprint density at radius 1 is 1.26 bits per heavy atom. The SMILES string of the molecule is CC[C@@H](F)[C@H]1COC(=O)N1c1ccnc(N[C@@H](C)c2cnc(-c3ccnc(C(F)(F)F)c3)s2)n1. The molecule has 0 unspecified atom stereocenters. The molecule has 3 aromatic heterocycles. The molecule has 34 heavy (non-hydrogen) atoms. The van der Waals surface area contributed by atoms with Gasteiger partial charge in [0.25, 0.3) is 0 Å². The van der Waals surface area contributed by atoms with Crippen LogP contribution in [0.2, 0.25) is 0 Å². The zero-order valence-corrected chi connectivity index (χ0v) is 18.9. The van der Waals surface area contributed by atoms with Crippen LogP contribution in [0.1, 0.15) is 36.9 Å². The van der Waals surface area contributed by atoms with Gasteiger partial charge in [-0.2, -0.15) is 18.2 Å². The number of alkyl halides is 4. The average molecular weight is 496 g/mol. The van der Waals surface area contributed by atoms with Crippen molar-refractivity contribution in [3.63, 3.8) is 0 Å². The Balaban J connectivity index is 1.51. The number of nitrogens with zero attached hydrogens (tertiary/aromatic N) is 5. The van der Waals surface area contributed by atoms with E-state index in [-0.39, 0.29) is 30.8 Å². The van der Waals surface area contributed by atoms with Crippen molar-refractivity contribution in [2.45, 2.75) is 44.7 Å². The Bertz CT molecular complexity index is 1170. The van der Waals surface area contributed by atoms with Gasteiger partial charge in [0.1, 0.15) is 35.3 Å². The highest BCUT2D eigenvalue weighted by molar-refractivity contribution is 7.15. The van der Waals surface area contributed by atoms with E-state index in [9.17, 15) is 22.4 Å².